The van der Waals surface area contributed by atoms with Crippen LogP contribution in [0.25, 0.3) is 0 Å². The van der Waals surface area contributed by atoms with E-state index in [0.29, 0.717) is 6.61 Å². The lowest BCUT2D eigenvalue weighted by Gasteiger charge is -2.08. The Morgan fingerprint density at radius 2 is 1.67 bits per heavy atom. The molecule has 2 nitrogen and oxygen atoms in total. The number of hydrogen-bond acceptors (Lipinski definition) is 2. The molecule has 2 rings (SSSR count). The summed E-state index contributed by atoms with van der Waals surface area (Å²) in [4.78, 5) is 0. The average molecular weight is 306 g/mol. The number of para-hydroxylation sites is 1. The second-order valence-corrected chi connectivity index (χ2v) is 4.92. The van der Waals surface area contributed by atoms with Crippen molar-refractivity contribution in [2.24, 2.45) is 0 Å². The van der Waals surface area contributed by atoms with E-state index < -0.39 is 0 Å². The van der Waals surface area contributed by atoms with E-state index in [0.717, 1.165) is 16.8 Å². The quantitative estimate of drug-likeness (QED) is 0.908. The van der Waals surface area contributed by atoms with Crippen LogP contribution in [0.3, 0.4) is 0 Å². The van der Waals surface area contributed by atoms with Crippen molar-refractivity contribution in [2.75, 3.05) is 7.05 Å². The molecule has 18 heavy (non-hydrogen) atoms. The van der Waals surface area contributed by atoms with Crippen molar-refractivity contribution in [1.82, 2.24) is 5.32 Å². The predicted molar refractivity (Wildman–Crippen MR) is 77.7 cm³/mol. The first-order chi connectivity index (χ1) is 8.79. The van der Waals surface area contributed by atoms with E-state index in [9.17, 15) is 0 Å². The molecule has 0 unspecified atom stereocenters. The molecule has 0 spiro atoms. The van der Waals surface area contributed by atoms with Gasteiger partial charge in [0, 0.05) is 6.54 Å². The molecule has 0 heterocycles. The molecule has 0 saturated heterocycles. The topological polar surface area (TPSA) is 21.3 Å². The number of nitrogens with one attached hydrogen (secondary N) is 1. The third-order valence-corrected chi connectivity index (χ3v) is 3.29. The first kappa shape index (κ1) is 13.1. The largest absolute Gasteiger partial charge is 0.488 e. The van der Waals surface area contributed by atoms with Crippen LogP contribution in [-0.4, -0.2) is 7.05 Å². The van der Waals surface area contributed by atoms with E-state index in [1.807, 2.05) is 31.3 Å². The van der Waals surface area contributed by atoms with Gasteiger partial charge in [-0.3, -0.25) is 0 Å². The van der Waals surface area contributed by atoms with E-state index >= 15 is 0 Å². The molecule has 2 aromatic rings. The second kappa shape index (κ2) is 6.57. The van der Waals surface area contributed by atoms with Crippen molar-refractivity contribution >= 4 is 15.9 Å². The van der Waals surface area contributed by atoms with Crippen LogP contribution in [-0.2, 0) is 13.2 Å². The summed E-state index contributed by atoms with van der Waals surface area (Å²) in [5, 5.41) is 3.13. The minimum absolute atomic E-state index is 0.586. The Morgan fingerprint density at radius 3 is 2.33 bits per heavy atom. The summed E-state index contributed by atoms with van der Waals surface area (Å²) in [6, 6.07) is 16.3. The first-order valence-corrected chi connectivity index (χ1v) is 6.68. The fourth-order valence-electron chi connectivity index (χ4n) is 1.68. The van der Waals surface area contributed by atoms with Gasteiger partial charge in [0.15, 0.2) is 0 Å². The smallest absolute Gasteiger partial charge is 0.133 e. The van der Waals surface area contributed by atoms with Crippen molar-refractivity contribution < 1.29 is 4.74 Å². The number of rotatable bonds is 5. The average Bonchev–Trinajstić information content (AvgIpc) is 2.40. The van der Waals surface area contributed by atoms with Gasteiger partial charge in [0.2, 0.25) is 0 Å². The van der Waals surface area contributed by atoms with Gasteiger partial charge in [-0.15, -0.1) is 0 Å². The van der Waals surface area contributed by atoms with Crippen LogP contribution in [0.2, 0.25) is 0 Å². The highest BCUT2D eigenvalue weighted by Gasteiger charge is 2.00. The lowest BCUT2D eigenvalue weighted by atomic mass is 10.1. The zero-order valence-corrected chi connectivity index (χ0v) is 11.9. The molecule has 0 bridgehead atoms. The molecular weight excluding hydrogens is 290 g/mol. The third-order valence-electron chi connectivity index (χ3n) is 2.63. The van der Waals surface area contributed by atoms with Crippen LogP contribution in [0.1, 0.15) is 11.1 Å². The molecule has 0 fully saturated rings. The minimum Gasteiger partial charge on any atom is -0.488 e. The Morgan fingerprint density at radius 1 is 1.00 bits per heavy atom. The normalized spacial score (nSPS) is 10.3. The summed E-state index contributed by atoms with van der Waals surface area (Å²) >= 11 is 3.47. The maximum atomic E-state index is 5.76. The second-order valence-electron chi connectivity index (χ2n) is 4.07. The SMILES string of the molecule is CNCc1ccc(COc2ccccc2Br)cc1. The van der Waals surface area contributed by atoms with Gasteiger partial charge in [0.25, 0.3) is 0 Å². The molecule has 0 aliphatic rings. The van der Waals surface area contributed by atoms with Crippen LogP contribution in [0.4, 0.5) is 0 Å². The molecule has 0 atom stereocenters. The molecule has 0 radical (unpaired) electrons. The Labute approximate surface area is 116 Å². The van der Waals surface area contributed by atoms with Gasteiger partial charge in [-0.2, -0.15) is 0 Å². The van der Waals surface area contributed by atoms with E-state index in [-0.39, 0.29) is 0 Å². The Bertz CT molecular complexity index is 496. The molecule has 0 amide bonds. The van der Waals surface area contributed by atoms with Crippen molar-refractivity contribution in [3.8, 4) is 5.75 Å². The Hall–Kier alpha value is -1.32. The van der Waals surface area contributed by atoms with Crippen molar-refractivity contribution in [3.63, 3.8) is 0 Å². The number of benzene rings is 2. The highest BCUT2D eigenvalue weighted by Crippen LogP contribution is 2.24. The van der Waals surface area contributed by atoms with Gasteiger partial charge in [-0.1, -0.05) is 36.4 Å². The fraction of sp³-hybridized carbons (Fsp3) is 0.200. The summed E-state index contributed by atoms with van der Waals surface area (Å²) in [5.74, 6) is 0.872. The Balaban J connectivity index is 1.96. The standard InChI is InChI=1S/C15H16BrNO/c1-17-10-12-6-8-13(9-7-12)11-18-15-5-3-2-4-14(15)16/h2-9,17H,10-11H2,1H3. The predicted octanol–water partition coefficient (Wildman–Crippen LogP) is 3.75. The number of hydrogen-bond donors (Lipinski definition) is 1. The monoisotopic (exact) mass is 305 g/mol. The lowest BCUT2D eigenvalue weighted by Crippen LogP contribution is -2.05. The first-order valence-electron chi connectivity index (χ1n) is 5.89. The summed E-state index contributed by atoms with van der Waals surface area (Å²) in [5.41, 5.74) is 2.45. The number of halogens is 1. The van der Waals surface area contributed by atoms with E-state index in [1.54, 1.807) is 0 Å². The van der Waals surface area contributed by atoms with Crippen molar-refractivity contribution in [1.29, 1.82) is 0 Å². The van der Waals surface area contributed by atoms with Crippen LogP contribution < -0.4 is 10.1 Å². The van der Waals surface area contributed by atoms with Crippen LogP contribution in [0.15, 0.2) is 53.0 Å². The molecule has 0 saturated carbocycles. The van der Waals surface area contributed by atoms with E-state index in [1.165, 1.54) is 11.1 Å². The Kier molecular flexibility index (Phi) is 4.79. The van der Waals surface area contributed by atoms with Gasteiger partial charge in [-0.05, 0) is 46.2 Å². The van der Waals surface area contributed by atoms with Crippen molar-refractivity contribution in [2.45, 2.75) is 13.2 Å². The zero-order valence-electron chi connectivity index (χ0n) is 10.3. The van der Waals surface area contributed by atoms with Gasteiger partial charge >= 0.3 is 0 Å². The molecule has 0 aliphatic heterocycles. The minimum atomic E-state index is 0.586. The van der Waals surface area contributed by atoms with Crippen LogP contribution in [0.5, 0.6) is 5.75 Å². The maximum Gasteiger partial charge on any atom is 0.133 e. The molecule has 1 N–H and O–H groups in total. The number of ether oxygens (including phenoxy) is 1. The van der Waals surface area contributed by atoms with Gasteiger partial charge < -0.3 is 10.1 Å². The van der Waals surface area contributed by atoms with Gasteiger partial charge in [0.1, 0.15) is 12.4 Å². The summed E-state index contributed by atoms with van der Waals surface area (Å²) < 4.78 is 6.74. The van der Waals surface area contributed by atoms with Gasteiger partial charge in [0.05, 0.1) is 4.47 Å². The fourth-order valence-corrected chi connectivity index (χ4v) is 2.08. The maximum absolute atomic E-state index is 5.76. The van der Waals surface area contributed by atoms with E-state index in [4.69, 9.17) is 4.74 Å². The summed E-state index contributed by atoms with van der Waals surface area (Å²) in [6.07, 6.45) is 0. The van der Waals surface area contributed by atoms with Crippen LogP contribution in [0, 0.1) is 0 Å². The molecular formula is C15H16BrNO. The van der Waals surface area contributed by atoms with Crippen molar-refractivity contribution in [3.05, 3.63) is 64.1 Å². The highest BCUT2D eigenvalue weighted by atomic mass is 79.9. The molecule has 0 aliphatic carbocycles. The zero-order chi connectivity index (χ0) is 12.8. The van der Waals surface area contributed by atoms with Gasteiger partial charge in [-0.25, -0.2) is 0 Å². The molecule has 3 heteroatoms. The molecule has 94 valence electrons. The highest BCUT2D eigenvalue weighted by molar-refractivity contribution is 9.10. The molecule has 2 aromatic carbocycles. The third kappa shape index (κ3) is 3.59. The summed E-state index contributed by atoms with van der Waals surface area (Å²) in [6.45, 7) is 1.48. The van der Waals surface area contributed by atoms with E-state index in [2.05, 4.69) is 45.5 Å². The molecule has 0 aromatic heterocycles. The van der Waals surface area contributed by atoms with Crippen LogP contribution >= 0.6 is 15.9 Å². The summed E-state index contributed by atoms with van der Waals surface area (Å²) in [7, 11) is 1.95. The lowest BCUT2D eigenvalue weighted by molar-refractivity contribution is 0.304.